The molecule has 0 fully saturated rings. The highest BCUT2D eigenvalue weighted by atomic mass is 19.1. The minimum atomic E-state index is -0.539. The molecule has 0 aliphatic rings. The number of rotatable bonds is 5. The minimum absolute atomic E-state index is 0.320. The summed E-state index contributed by atoms with van der Waals surface area (Å²) in [4.78, 5) is 0. The number of benzene rings is 1. The predicted octanol–water partition coefficient (Wildman–Crippen LogP) is 3.19. The highest BCUT2D eigenvalue weighted by molar-refractivity contribution is 5.34. The Kier molecular flexibility index (Phi) is 4.49. The van der Waals surface area contributed by atoms with Gasteiger partial charge in [0.1, 0.15) is 11.6 Å². The number of hydrogen-bond acceptors (Lipinski definition) is 2. The first-order valence-corrected chi connectivity index (χ1v) is 6.78. The van der Waals surface area contributed by atoms with E-state index in [-0.39, 0.29) is 6.04 Å². The van der Waals surface area contributed by atoms with Crippen LogP contribution in [-0.4, -0.2) is 16.3 Å². The van der Waals surface area contributed by atoms with E-state index in [0.717, 1.165) is 18.2 Å². The molecule has 20 heavy (non-hydrogen) atoms. The smallest absolute Gasteiger partial charge is 0.131 e. The van der Waals surface area contributed by atoms with E-state index in [1.54, 1.807) is 23.9 Å². The topological polar surface area (TPSA) is 29.9 Å². The molecule has 0 radical (unpaired) electrons. The van der Waals surface area contributed by atoms with Gasteiger partial charge in [-0.15, -0.1) is 0 Å². The Morgan fingerprint density at radius 1 is 1.25 bits per heavy atom. The molecule has 2 aromatic rings. The Bertz CT molecular complexity index is 593. The molecule has 3 nitrogen and oxygen atoms in total. The maximum absolute atomic E-state index is 14.1. The molecular formula is C15H19F2N3. The lowest BCUT2D eigenvalue weighted by Gasteiger charge is -2.18. The molecule has 1 unspecified atom stereocenters. The van der Waals surface area contributed by atoms with E-state index in [2.05, 4.69) is 10.4 Å². The number of aromatic nitrogens is 2. The Morgan fingerprint density at radius 2 is 2.00 bits per heavy atom. The summed E-state index contributed by atoms with van der Waals surface area (Å²) >= 11 is 0. The predicted molar refractivity (Wildman–Crippen MR) is 74.5 cm³/mol. The van der Waals surface area contributed by atoms with Crippen LogP contribution in [-0.2, 0) is 6.54 Å². The molecule has 0 spiro atoms. The van der Waals surface area contributed by atoms with Crippen molar-refractivity contribution >= 4 is 0 Å². The van der Waals surface area contributed by atoms with Gasteiger partial charge in [-0.3, -0.25) is 4.68 Å². The van der Waals surface area contributed by atoms with E-state index in [1.807, 2.05) is 20.0 Å². The van der Waals surface area contributed by atoms with Gasteiger partial charge < -0.3 is 5.32 Å². The molecule has 0 saturated heterocycles. The number of hydrogen-bond donors (Lipinski definition) is 1. The molecule has 0 aliphatic heterocycles. The van der Waals surface area contributed by atoms with Gasteiger partial charge in [-0.1, -0.05) is 6.92 Å². The lowest BCUT2D eigenvalue weighted by atomic mass is 9.99. The number of halogens is 2. The van der Waals surface area contributed by atoms with Crippen molar-refractivity contribution in [3.05, 3.63) is 52.9 Å². The third-order valence-electron chi connectivity index (χ3n) is 3.31. The molecule has 1 atom stereocenters. The fraction of sp³-hybridized carbons (Fsp3) is 0.400. The normalized spacial score (nSPS) is 12.7. The molecule has 1 N–H and O–H groups in total. The van der Waals surface area contributed by atoms with Crippen LogP contribution in [0.15, 0.2) is 24.5 Å². The highest BCUT2D eigenvalue weighted by Gasteiger charge is 2.20. The molecule has 0 saturated carbocycles. The summed E-state index contributed by atoms with van der Waals surface area (Å²) in [6.45, 7) is 7.01. The Morgan fingerprint density at radius 3 is 2.60 bits per heavy atom. The van der Waals surface area contributed by atoms with Crippen LogP contribution >= 0.6 is 0 Å². The summed E-state index contributed by atoms with van der Waals surface area (Å²) in [5.74, 6) is -1.06. The first-order valence-electron chi connectivity index (χ1n) is 6.78. The van der Waals surface area contributed by atoms with Gasteiger partial charge in [-0.05, 0) is 32.0 Å². The lowest BCUT2D eigenvalue weighted by molar-refractivity contribution is 0.537. The average molecular weight is 279 g/mol. The summed E-state index contributed by atoms with van der Waals surface area (Å²) in [5, 5.41) is 7.44. The quantitative estimate of drug-likeness (QED) is 0.911. The van der Waals surface area contributed by atoms with Crippen LogP contribution in [0.5, 0.6) is 0 Å². The molecule has 0 amide bonds. The van der Waals surface area contributed by atoms with Crippen LogP contribution in [0.4, 0.5) is 8.78 Å². The van der Waals surface area contributed by atoms with Crippen molar-refractivity contribution < 1.29 is 8.78 Å². The summed E-state index contributed by atoms with van der Waals surface area (Å²) < 4.78 is 29.2. The monoisotopic (exact) mass is 279 g/mol. The number of aryl methyl sites for hydroxylation is 2. The van der Waals surface area contributed by atoms with Crippen LogP contribution < -0.4 is 5.32 Å². The molecule has 0 aliphatic carbocycles. The Labute approximate surface area is 117 Å². The first kappa shape index (κ1) is 14.7. The molecule has 1 aromatic carbocycles. The zero-order chi connectivity index (χ0) is 14.7. The lowest BCUT2D eigenvalue weighted by Crippen LogP contribution is -2.23. The largest absolute Gasteiger partial charge is 0.306 e. The van der Waals surface area contributed by atoms with Crippen molar-refractivity contribution in [1.82, 2.24) is 15.1 Å². The van der Waals surface area contributed by atoms with Gasteiger partial charge in [-0.25, -0.2) is 8.78 Å². The van der Waals surface area contributed by atoms with Gasteiger partial charge in [-0.2, -0.15) is 5.10 Å². The van der Waals surface area contributed by atoms with Crippen LogP contribution in [0, 0.1) is 18.6 Å². The van der Waals surface area contributed by atoms with Crippen molar-refractivity contribution in [3.8, 4) is 0 Å². The van der Waals surface area contributed by atoms with E-state index >= 15 is 0 Å². The van der Waals surface area contributed by atoms with Crippen molar-refractivity contribution in [2.24, 2.45) is 0 Å². The second kappa shape index (κ2) is 6.13. The number of nitrogens with zero attached hydrogens (tertiary/aromatic N) is 2. The summed E-state index contributed by atoms with van der Waals surface area (Å²) in [6.07, 6.45) is 3.60. The molecule has 0 bridgehead atoms. The van der Waals surface area contributed by atoms with Crippen molar-refractivity contribution in [3.63, 3.8) is 0 Å². The average Bonchev–Trinajstić information content (AvgIpc) is 2.89. The van der Waals surface area contributed by atoms with E-state index < -0.39 is 11.6 Å². The van der Waals surface area contributed by atoms with E-state index in [1.165, 1.54) is 0 Å². The first-order chi connectivity index (χ1) is 9.56. The zero-order valence-corrected chi connectivity index (χ0v) is 12.0. The molecule has 5 heteroatoms. The van der Waals surface area contributed by atoms with Gasteiger partial charge in [0.05, 0.1) is 12.2 Å². The van der Waals surface area contributed by atoms with Crippen LogP contribution in [0.1, 0.15) is 36.6 Å². The van der Waals surface area contributed by atoms with Crippen LogP contribution in [0.25, 0.3) is 0 Å². The van der Waals surface area contributed by atoms with E-state index in [0.29, 0.717) is 17.7 Å². The van der Waals surface area contributed by atoms with Gasteiger partial charge >= 0.3 is 0 Å². The molecule has 2 rings (SSSR count). The van der Waals surface area contributed by atoms with Gasteiger partial charge in [0.15, 0.2) is 0 Å². The molecular weight excluding hydrogens is 260 g/mol. The molecule has 108 valence electrons. The Hall–Kier alpha value is -1.75. The van der Waals surface area contributed by atoms with E-state index in [9.17, 15) is 8.78 Å². The zero-order valence-electron chi connectivity index (χ0n) is 12.0. The third-order valence-corrected chi connectivity index (χ3v) is 3.31. The van der Waals surface area contributed by atoms with Gasteiger partial charge in [0, 0.05) is 29.9 Å². The number of nitrogens with one attached hydrogen (secondary N) is 1. The molecule has 1 heterocycles. The summed E-state index contributed by atoms with van der Waals surface area (Å²) in [6, 6.07) is 2.18. The van der Waals surface area contributed by atoms with Crippen LogP contribution in [0.3, 0.4) is 0 Å². The van der Waals surface area contributed by atoms with Crippen molar-refractivity contribution in [2.75, 3.05) is 6.54 Å². The maximum atomic E-state index is 14.1. The third kappa shape index (κ3) is 2.88. The van der Waals surface area contributed by atoms with Gasteiger partial charge in [0.25, 0.3) is 0 Å². The minimum Gasteiger partial charge on any atom is -0.306 e. The summed E-state index contributed by atoms with van der Waals surface area (Å²) in [7, 11) is 0. The molecule has 1 aromatic heterocycles. The SMILES string of the molecule is CCNC(c1cnn(CC)c1)c1cc(C)c(F)cc1F. The maximum Gasteiger partial charge on any atom is 0.131 e. The van der Waals surface area contributed by atoms with E-state index in [4.69, 9.17) is 0 Å². The van der Waals surface area contributed by atoms with Gasteiger partial charge in [0.2, 0.25) is 0 Å². The van der Waals surface area contributed by atoms with Crippen LogP contribution in [0.2, 0.25) is 0 Å². The standard InChI is InChI=1S/C15H19F2N3/c1-4-18-15(11-8-19-20(5-2)9-11)12-6-10(3)13(16)7-14(12)17/h6-9,15,18H,4-5H2,1-3H3. The fourth-order valence-corrected chi connectivity index (χ4v) is 2.21. The second-order valence-corrected chi connectivity index (χ2v) is 4.74. The summed E-state index contributed by atoms with van der Waals surface area (Å²) in [5.41, 5.74) is 1.76. The van der Waals surface area contributed by atoms with Crippen molar-refractivity contribution in [1.29, 1.82) is 0 Å². The van der Waals surface area contributed by atoms with Crippen molar-refractivity contribution in [2.45, 2.75) is 33.4 Å². The Balaban J connectivity index is 2.45. The fourth-order valence-electron chi connectivity index (χ4n) is 2.21. The second-order valence-electron chi connectivity index (χ2n) is 4.74. The highest BCUT2D eigenvalue weighted by Crippen LogP contribution is 2.26.